The zero-order valence-corrected chi connectivity index (χ0v) is 11.5. The van der Waals surface area contributed by atoms with E-state index in [0.717, 1.165) is 42.3 Å². The summed E-state index contributed by atoms with van der Waals surface area (Å²) in [6.45, 7) is 0. The van der Waals surface area contributed by atoms with Gasteiger partial charge in [0.1, 0.15) is 11.6 Å². The van der Waals surface area contributed by atoms with Crippen LogP contribution in [0.25, 0.3) is 22.3 Å². The Hall–Kier alpha value is -2.43. The Labute approximate surface area is 121 Å². The summed E-state index contributed by atoms with van der Waals surface area (Å²) in [6.07, 6.45) is 4.27. The number of nitrogen functional groups attached to an aromatic ring is 1. The number of aromatic nitrogens is 3. The van der Waals surface area contributed by atoms with Gasteiger partial charge in [0.05, 0.1) is 11.1 Å². The molecule has 4 rings (SSSR count). The first kappa shape index (κ1) is 12.3. The summed E-state index contributed by atoms with van der Waals surface area (Å²) in [5.74, 6) is 0.346. The van der Waals surface area contributed by atoms with Crippen molar-refractivity contribution >= 4 is 16.9 Å². The van der Waals surface area contributed by atoms with Crippen molar-refractivity contribution in [3.05, 3.63) is 41.2 Å². The molecule has 21 heavy (non-hydrogen) atoms. The molecule has 0 aliphatic heterocycles. The number of fused-ring (bicyclic) bond motifs is 3. The number of nitrogens with two attached hydrogens (primary N) is 1. The highest BCUT2D eigenvalue weighted by molar-refractivity contribution is 5.92. The fraction of sp³-hybridized carbons (Fsp3) is 0.250. The lowest BCUT2D eigenvalue weighted by atomic mass is 9.87. The van der Waals surface area contributed by atoms with Gasteiger partial charge in [-0.25, -0.2) is 9.37 Å². The number of halogens is 1. The van der Waals surface area contributed by atoms with E-state index in [1.54, 1.807) is 12.1 Å². The minimum atomic E-state index is -0.238. The predicted octanol–water partition coefficient (Wildman–Crippen LogP) is 3.23. The Morgan fingerprint density at radius 3 is 2.52 bits per heavy atom. The van der Waals surface area contributed by atoms with Crippen LogP contribution in [-0.4, -0.2) is 15.2 Å². The highest BCUT2D eigenvalue weighted by Gasteiger charge is 2.22. The number of nitrogens with one attached hydrogen (secondary N) is 1. The maximum atomic E-state index is 13.1. The highest BCUT2D eigenvalue weighted by Crippen LogP contribution is 2.36. The summed E-state index contributed by atoms with van der Waals surface area (Å²) >= 11 is 0. The summed E-state index contributed by atoms with van der Waals surface area (Å²) in [5, 5.41) is 7.97. The van der Waals surface area contributed by atoms with Crippen molar-refractivity contribution in [3.8, 4) is 11.3 Å². The van der Waals surface area contributed by atoms with Crippen LogP contribution in [-0.2, 0) is 12.8 Å². The van der Waals surface area contributed by atoms with E-state index < -0.39 is 0 Å². The molecule has 2 aromatic heterocycles. The largest absolute Gasteiger partial charge is 0.384 e. The first-order chi connectivity index (χ1) is 10.2. The number of benzene rings is 1. The molecule has 0 atom stereocenters. The summed E-state index contributed by atoms with van der Waals surface area (Å²) in [7, 11) is 0. The molecule has 106 valence electrons. The molecule has 0 unspecified atom stereocenters. The van der Waals surface area contributed by atoms with Crippen LogP contribution in [0.4, 0.5) is 10.2 Å². The lowest BCUT2D eigenvalue weighted by molar-refractivity contribution is 0.628. The summed E-state index contributed by atoms with van der Waals surface area (Å²) < 4.78 is 13.1. The van der Waals surface area contributed by atoms with Crippen LogP contribution in [0.1, 0.15) is 24.0 Å². The third-order valence-electron chi connectivity index (χ3n) is 4.17. The van der Waals surface area contributed by atoms with Gasteiger partial charge in [-0.2, -0.15) is 5.10 Å². The molecule has 0 fully saturated rings. The number of pyridine rings is 1. The van der Waals surface area contributed by atoms with Crippen molar-refractivity contribution < 1.29 is 4.39 Å². The van der Waals surface area contributed by atoms with Crippen LogP contribution in [0, 0.1) is 5.82 Å². The highest BCUT2D eigenvalue weighted by atomic mass is 19.1. The van der Waals surface area contributed by atoms with Crippen LogP contribution in [0.15, 0.2) is 24.3 Å². The molecule has 0 bridgehead atoms. The summed E-state index contributed by atoms with van der Waals surface area (Å²) in [6, 6.07) is 6.48. The molecule has 1 aliphatic rings. The van der Waals surface area contributed by atoms with Crippen molar-refractivity contribution in [3.63, 3.8) is 0 Å². The average molecular weight is 282 g/mol. The Balaban J connectivity index is 2.02. The Morgan fingerprint density at radius 1 is 1.05 bits per heavy atom. The summed E-state index contributed by atoms with van der Waals surface area (Å²) in [4.78, 5) is 4.66. The monoisotopic (exact) mass is 282 g/mol. The maximum absolute atomic E-state index is 13.1. The lowest BCUT2D eigenvalue weighted by Gasteiger charge is -2.19. The van der Waals surface area contributed by atoms with E-state index in [9.17, 15) is 4.39 Å². The molecule has 5 heteroatoms. The number of anilines is 1. The Kier molecular flexibility index (Phi) is 2.67. The van der Waals surface area contributed by atoms with Gasteiger partial charge >= 0.3 is 0 Å². The molecule has 0 saturated heterocycles. The zero-order chi connectivity index (χ0) is 14.4. The second-order valence-corrected chi connectivity index (χ2v) is 5.47. The quantitative estimate of drug-likeness (QED) is 0.720. The van der Waals surface area contributed by atoms with Crippen molar-refractivity contribution in [2.24, 2.45) is 0 Å². The smallest absolute Gasteiger partial charge is 0.183 e. The van der Waals surface area contributed by atoms with Crippen LogP contribution in [0.5, 0.6) is 0 Å². The van der Waals surface area contributed by atoms with Gasteiger partial charge in [-0.05, 0) is 61.1 Å². The molecule has 1 aromatic carbocycles. The number of hydrogen-bond donors (Lipinski definition) is 2. The van der Waals surface area contributed by atoms with E-state index in [-0.39, 0.29) is 5.82 Å². The van der Waals surface area contributed by atoms with Gasteiger partial charge in [-0.15, -0.1) is 0 Å². The minimum Gasteiger partial charge on any atom is -0.384 e. The zero-order valence-electron chi connectivity index (χ0n) is 11.5. The van der Waals surface area contributed by atoms with Gasteiger partial charge in [-0.1, -0.05) is 0 Å². The molecule has 3 N–H and O–H groups in total. The second kappa shape index (κ2) is 4.55. The van der Waals surface area contributed by atoms with Crippen LogP contribution >= 0.6 is 0 Å². The standard InChI is InChI=1S/C16H15FN4/c17-10-7-5-9(6-8-10)14-12-4-2-1-3-11(12)13-15(18)20-21-16(13)19-14/h5-8H,1-4H2,(H3,18,19,20,21). The van der Waals surface area contributed by atoms with Crippen molar-refractivity contribution in [2.45, 2.75) is 25.7 Å². The fourth-order valence-corrected chi connectivity index (χ4v) is 3.19. The normalized spacial score (nSPS) is 14.3. The maximum Gasteiger partial charge on any atom is 0.183 e. The van der Waals surface area contributed by atoms with E-state index in [4.69, 9.17) is 5.73 Å². The van der Waals surface area contributed by atoms with Gasteiger partial charge in [0.15, 0.2) is 5.65 Å². The van der Waals surface area contributed by atoms with Crippen LogP contribution < -0.4 is 5.73 Å². The molecule has 3 aromatic rings. The number of H-pyrrole nitrogens is 1. The van der Waals surface area contributed by atoms with Crippen molar-refractivity contribution in [2.75, 3.05) is 5.73 Å². The predicted molar refractivity (Wildman–Crippen MR) is 80.3 cm³/mol. The number of aromatic amines is 1. The number of hydrogen-bond acceptors (Lipinski definition) is 3. The van der Waals surface area contributed by atoms with E-state index in [1.165, 1.54) is 23.3 Å². The Morgan fingerprint density at radius 2 is 1.76 bits per heavy atom. The number of nitrogens with zero attached hydrogens (tertiary/aromatic N) is 2. The molecule has 2 heterocycles. The number of rotatable bonds is 1. The van der Waals surface area contributed by atoms with Crippen LogP contribution in [0.2, 0.25) is 0 Å². The van der Waals surface area contributed by atoms with Crippen molar-refractivity contribution in [1.82, 2.24) is 15.2 Å². The fourth-order valence-electron chi connectivity index (χ4n) is 3.19. The Bertz CT molecular complexity index is 820. The molecule has 4 nitrogen and oxygen atoms in total. The second-order valence-electron chi connectivity index (χ2n) is 5.47. The van der Waals surface area contributed by atoms with Gasteiger partial charge in [-0.3, -0.25) is 5.10 Å². The summed E-state index contributed by atoms with van der Waals surface area (Å²) in [5.41, 5.74) is 11.0. The van der Waals surface area contributed by atoms with Gasteiger partial charge in [0.2, 0.25) is 0 Å². The third kappa shape index (κ3) is 1.88. The van der Waals surface area contributed by atoms with E-state index in [2.05, 4.69) is 15.2 Å². The number of aryl methyl sites for hydroxylation is 1. The van der Waals surface area contributed by atoms with E-state index in [0.29, 0.717) is 11.5 Å². The van der Waals surface area contributed by atoms with Crippen molar-refractivity contribution in [1.29, 1.82) is 0 Å². The van der Waals surface area contributed by atoms with Gasteiger partial charge < -0.3 is 5.73 Å². The first-order valence-electron chi connectivity index (χ1n) is 7.15. The molecule has 0 radical (unpaired) electrons. The molecule has 0 amide bonds. The molecule has 0 saturated carbocycles. The first-order valence-corrected chi connectivity index (χ1v) is 7.15. The third-order valence-corrected chi connectivity index (χ3v) is 4.17. The molecular weight excluding hydrogens is 267 g/mol. The molecular formula is C16H15FN4. The topological polar surface area (TPSA) is 67.6 Å². The van der Waals surface area contributed by atoms with Crippen LogP contribution in [0.3, 0.4) is 0 Å². The van der Waals surface area contributed by atoms with Gasteiger partial charge in [0, 0.05) is 5.56 Å². The minimum absolute atomic E-state index is 0.238. The van der Waals surface area contributed by atoms with Gasteiger partial charge in [0.25, 0.3) is 0 Å². The molecule has 1 aliphatic carbocycles. The average Bonchev–Trinajstić information content (AvgIpc) is 2.89. The SMILES string of the molecule is Nc1[nH]nc2nc(-c3ccc(F)cc3)c3c(c12)CCCC3. The van der Waals surface area contributed by atoms with E-state index >= 15 is 0 Å². The molecule has 0 spiro atoms. The lowest BCUT2D eigenvalue weighted by Crippen LogP contribution is -2.07. The van der Waals surface area contributed by atoms with E-state index in [1.807, 2.05) is 0 Å².